The molecule has 0 saturated heterocycles. The molecule has 0 aromatic carbocycles. The number of aromatic nitrogens is 2. The third-order valence-corrected chi connectivity index (χ3v) is 1.95. The van der Waals surface area contributed by atoms with E-state index in [1.54, 1.807) is 0 Å². The Labute approximate surface area is 84.4 Å². The number of allylic oxidation sites excluding steroid dienone is 2. The molecule has 0 aliphatic carbocycles. The van der Waals surface area contributed by atoms with Crippen molar-refractivity contribution >= 4 is 5.57 Å². The highest BCUT2D eigenvalue weighted by Crippen LogP contribution is 2.11. The first-order valence-corrected chi connectivity index (χ1v) is 4.86. The molecular formula is C10H17N3O. The lowest BCUT2D eigenvalue weighted by Gasteiger charge is -1.95. The summed E-state index contributed by atoms with van der Waals surface area (Å²) in [6.07, 6.45) is 4.29. The average Bonchev–Trinajstić information content (AvgIpc) is 2.59. The molecule has 4 nitrogen and oxygen atoms in total. The van der Waals surface area contributed by atoms with Crippen LogP contribution < -0.4 is 5.32 Å². The van der Waals surface area contributed by atoms with Crippen LogP contribution in [0.5, 0.6) is 0 Å². The monoisotopic (exact) mass is 195 g/mol. The van der Waals surface area contributed by atoms with Gasteiger partial charge in [0.1, 0.15) is 0 Å². The van der Waals surface area contributed by atoms with Crippen LogP contribution >= 0.6 is 0 Å². The van der Waals surface area contributed by atoms with Crippen molar-refractivity contribution in [2.45, 2.75) is 26.7 Å². The van der Waals surface area contributed by atoms with E-state index in [0.29, 0.717) is 11.7 Å². The highest BCUT2D eigenvalue weighted by atomic mass is 16.5. The fraction of sp³-hybridized carbons (Fsp3) is 0.600. The zero-order chi connectivity index (χ0) is 10.4. The molecule has 0 spiro atoms. The zero-order valence-corrected chi connectivity index (χ0v) is 9.00. The van der Waals surface area contributed by atoms with Gasteiger partial charge >= 0.3 is 0 Å². The molecule has 0 fully saturated rings. The van der Waals surface area contributed by atoms with Gasteiger partial charge in [-0.2, -0.15) is 4.98 Å². The number of aryl methyl sites for hydroxylation is 1. The van der Waals surface area contributed by atoms with E-state index in [2.05, 4.69) is 21.5 Å². The third kappa shape index (κ3) is 3.30. The second-order valence-corrected chi connectivity index (χ2v) is 3.28. The number of nitrogens with zero attached hydrogens (tertiary/aromatic N) is 2. The molecule has 0 radical (unpaired) electrons. The minimum absolute atomic E-state index is 0.631. The standard InChI is InChI=1S/C10H17N3O/c1-8(6-4-5-7-11-3)10-12-9(2)13-14-10/h6,11H,4-5,7H2,1-3H3. The summed E-state index contributed by atoms with van der Waals surface area (Å²) in [4.78, 5) is 4.15. The summed E-state index contributed by atoms with van der Waals surface area (Å²) in [5.74, 6) is 1.31. The summed E-state index contributed by atoms with van der Waals surface area (Å²) in [5, 5.41) is 6.85. The maximum absolute atomic E-state index is 5.04. The summed E-state index contributed by atoms with van der Waals surface area (Å²) >= 11 is 0. The van der Waals surface area contributed by atoms with Crippen molar-refractivity contribution in [1.29, 1.82) is 0 Å². The van der Waals surface area contributed by atoms with E-state index in [0.717, 1.165) is 25.0 Å². The normalized spacial score (nSPS) is 12.1. The topological polar surface area (TPSA) is 51.0 Å². The van der Waals surface area contributed by atoms with Gasteiger partial charge in [0.2, 0.25) is 0 Å². The Morgan fingerprint density at radius 3 is 2.93 bits per heavy atom. The van der Waals surface area contributed by atoms with E-state index in [4.69, 9.17) is 4.52 Å². The summed E-state index contributed by atoms with van der Waals surface area (Å²) in [7, 11) is 1.96. The predicted molar refractivity (Wildman–Crippen MR) is 55.8 cm³/mol. The van der Waals surface area contributed by atoms with Crippen LogP contribution in [0.15, 0.2) is 10.6 Å². The molecule has 1 aromatic rings. The molecule has 1 rings (SSSR count). The van der Waals surface area contributed by atoms with Crippen molar-refractivity contribution in [3.63, 3.8) is 0 Å². The Morgan fingerprint density at radius 1 is 1.57 bits per heavy atom. The smallest absolute Gasteiger partial charge is 0.253 e. The summed E-state index contributed by atoms with van der Waals surface area (Å²) in [6, 6.07) is 0. The largest absolute Gasteiger partial charge is 0.334 e. The van der Waals surface area contributed by atoms with Crippen LogP contribution in [0.1, 0.15) is 31.5 Å². The number of nitrogens with one attached hydrogen (secondary N) is 1. The molecule has 78 valence electrons. The van der Waals surface area contributed by atoms with Crippen molar-refractivity contribution in [2.24, 2.45) is 0 Å². The second kappa shape index (κ2) is 5.54. The Kier molecular flexibility index (Phi) is 4.32. The van der Waals surface area contributed by atoms with Gasteiger partial charge in [-0.25, -0.2) is 0 Å². The molecule has 14 heavy (non-hydrogen) atoms. The minimum atomic E-state index is 0.631. The number of rotatable bonds is 5. The van der Waals surface area contributed by atoms with Gasteiger partial charge in [0.05, 0.1) is 0 Å². The first kappa shape index (κ1) is 10.9. The Balaban J connectivity index is 2.44. The summed E-state index contributed by atoms with van der Waals surface area (Å²) < 4.78 is 5.04. The molecular weight excluding hydrogens is 178 g/mol. The highest BCUT2D eigenvalue weighted by molar-refractivity contribution is 5.55. The van der Waals surface area contributed by atoms with Crippen LogP contribution in [-0.4, -0.2) is 23.7 Å². The van der Waals surface area contributed by atoms with Gasteiger partial charge < -0.3 is 9.84 Å². The molecule has 1 heterocycles. The quantitative estimate of drug-likeness (QED) is 0.728. The first-order chi connectivity index (χ1) is 6.74. The van der Waals surface area contributed by atoms with Gasteiger partial charge in [-0.05, 0) is 40.3 Å². The van der Waals surface area contributed by atoms with Crippen molar-refractivity contribution < 1.29 is 4.52 Å². The fourth-order valence-electron chi connectivity index (χ4n) is 1.14. The van der Waals surface area contributed by atoms with Gasteiger partial charge in [0.15, 0.2) is 5.82 Å². The fourth-order valence-corrected chi connectivity index (χ4v) is 1.14. The Bertz CT molecular complexity index is 304. The van der Waals surface area contributed by atoms with Crippen molar-refractivity contribution in [2.75, 3.05) is 13.6 Å². The van der Waals surface area contributed by atoms with E-state index < -0.39 is 0 Å². The molecule has 0 amide bonds. The molecule has 0 bridgehead atoms. The van der Waals surface area contributed by atoms with E-state index in [-0.39, 0.29) is 0 Å². The van der Waals surface area contributed by atoms with Crippen LogP contribution in [0.3, 0.4) is 0 Å². The summed E-state index contributed by atoms with van der Waals surface area (Å²) in [6.45, 7) is 4.85. The van der Waals surface area contributed by atoms with Crippen LogP contribution in [0.25, 0.3) is 5.57 Å². The lowest BCUT2D eigenvalue weighted by Crippen LogP contribution is -2.06. The van der Waals surface area contributed by atoms with Gasteiger partial charge in [0.25, 0.3) is 5.89 Å². The van der Waals surface area contributed by atoms with Crippen LogP contribution in [0.4, 0.5) is 0 Å². The van der Waals surface area contributed by atoms with Crippen molar-refractivity contribution in [3.8, 4) is 0 Å². The molecule has 0 aliphatic heterocycles. The van der Waals surface area contributed by atoms with Crippen LogP contribution in [0, 0.1) is 6.92 Å². The Morgan fingerprint density at radius 2 is 2.36 bits per heavy atom. The molecule has 1 N–H and O–H groups in total. The van der Waals surface area contributed by atoms with Gasteiger partial charge in [-0.1, -0.05) is 11.2 Å². The molecule has 0 atom stereocenters. The van der Waals surface area contributed by atoms with Crippen LogP contribution in [0.2, 0.25) is 0 Å². The number of hydrogen-bond acceptors (Lipinski definition) is 4. The molecule has 0 aliphatic rings. The van der Waals surface area contributed by atoms with Gasteiger partial charge in [-0.15, -0.1) is 0 Å². The predicted octanol–water partition coefficient (Wildman–Crippen LogP) is 1.78. The zero-order valence-electron chi connectivity index (χ0n) is 9.00. The average molecular weight is 195 g/mol. The summed E-state index contributed by atoms with van der Waals surface area (Å²) in [5.41, 5.74) is 1.06. The molecule has 0 saturated carbocycles. The maximum Gasteiger partial charge on any atom is 0.253 e. The number of unbranched alkanes of at least 4 members (excludes halogenated alkanes) is 1. The number of hydrogen-bond donors (Lipinski definition) is 1. The van der Waals surface area contributed by atoms with Crippen molar-refractivity contribution in [1.82, 2.24) is 15.5 Å². The van der Waals surface area contributed by atoms with Crippen LogP contribution in [-0.2, 0) is 0 Å². The van der Waals surface area contributed by atoms with Gasteiger partial charge in [-0.3, -0.25) is 0 Å². The SMILES string of the molecule is CNCCCC=C(C)c1nc(C)no1. The van der Waals surface area contributed by atoms with E-state index in [1.807, 2.05) is 20.9 Å². The minimum Gasteiger partial charge on any atom is -0.334 e. The van der Waals surface area contributed by atoms with E-state index >= 15 is 0 Å². The second-order valence-electron chi connectivity index (χ2n) is 3.28. The highest BCUT2D eigenvalue weighted by Gasteiger charge is 2.03. The first-order valence-electron chi connectivity index (χ1n) is 4.86. The van der Waals surface area contributed by atoms with Crippen molar-refractivity contribution in [3.05, 3.63) is 17.8 Å². The van der Waals surface area contributed by atoms with E-state index in [9.17, 15) is 0 Å². The maximum atomic E-state index is 5.04. The molecule has 1 aromatic heterocycles. The lowest BCUT2D eigenvalue weighted by atomic mass is 10.2. The Hall–Kier alpha value is -1.16. The van der Waals surface area contributed by atoms with E-state index in [1.165, 1.54) is 0 Å². The third-order valence-electron chi connectivity index (χ3n) is 1.95. The molecule has 4 heteroatoms. The molecule has 0 unspecified atom stereocenters. The lowest BCUT2D eigenvalue weighted by molar-refractivity contribution is 0.402. The van der Waals surface area contributed by atoms with Gasteiger partial charge in [0, 0.05) is 5.57 Å².